The highest BCUT2D eigenvalue weighted by Gasteiger charge is 2.42. The standard InChI is InChI=1S/C23H28N2O3S/c1-16(21-15-17-12-13-18(21)14-17)24-23(26)20-10-6-7-11-22(20)29(27,28)25(2)19-8-4-3-5-9-19/h3-11,16-18,21H,12-15H2,1-2H3,(H,24,26)/t16-,17-,18-,21+/m0/s1. The molecule has 2 aliphatic rings. The first-order valence-electron chi connectivity index (χ1n) is 10.3. The lowest BCUT2D eigenvalue weighted by Gasteiger charge is -2.29. The first kappa shape index (κ1) is 20.0. The summed E-state index contributed by atoms with van der Waals surface area (Å²) < 4.78 is 27.7. The van der Waals surface area contributed by atoms with E-state index in [2.05, 4.69) is 12.2 Å². The van der Waals surface area contributed by atoms with Crippen LogP contribution in [0.5, 0.6) is 0 Å². The fourth-order valence-corrected chi connectivity index (χ4v) is 6.48. The Kier molecular flexibility index (Phi) is 5.38. The molecule has 1 N–H and O–H groups in total. The minimum atomic E-state index is -3.86. The van der Waals surface area contributed by atoms with Gasteiger partial charge in [0.05, 0.1) is 11.3 Å². The maximum absolute atomic E-state index is 13.2. The Balaban J connectivity index is 1.57. The summed E-state index contributed by atoms with van der Waals surface area (Å²) >= 11 is 0. The predicted molar refractivity (Wildman–Crippen MR) is 114 cm³/mol. The van der Waals surface area contributed by atoms with E-state index in [0.717, 1.165) is 5.92 Å². The van der Waals surface area contributed by atoms with Crippen LogP contribution in [-0.2, 0) is 10.0 Å². The second-order valence-electron chi connectivity index (χ2n) is 8.41. The molecule has 2 aromatic carbocycles. The Labute approximate surface area is 173 Å². The molecule has 0 heterocycles. The van der Waals surface area contributed by atoms with Crippen LogP contribution in [0.2, 0.25) is 0 Å². The van der Waals surface area contributed by atoms with E-state index in [4.69, 9.17) is 0 Å². The number of hydrogen-bond donors (Lipinski definition) is 1. The highest BCUT2D eigenvalue weighted by molar-refractivity contribution is 7.92. The molecular formula is C23H28N2O3S. The number of para-hydroxylation sites is 1. The minimum absolute atomic E-state index is 0.0315. The van der Waals surface area contributed by atoms with Crippen LogP contribution >= 0.6 is 0 Å². The van der Waals surface area contributed by atoms with Crippen LogP contribution in [0.25, 0.3) is 0 Å². The Morgan fingerprint density at radius 2 is 1.72 bits per heavy atom. The Morgan fingerprint density at radius 3 is 2.38 bits per heavy atom. The van der Waals surface area contributed by atoms with Gasteiger partial charge in [0, 0.05) is 13.1 Å². The third-order valence-corrected chi connectivity index (χ3v) is 8.53. The van der Waals surface area contributed by atoms with Crippen LogP contribution in [0.3, 0.4) is 0 Å². The van der Waals surface area contributed by atoms with Crippen molar-refractivity contribution in [2.24, 2.45) is 17.8 Å². The second kappa shape index (κ2) is 7.82. The summed E-state index contributed by atoms with van der Waals surface area (Å²) in [5.74, 6) is 1.67. The molecule has 0 spiro atoms. The molecule has 2 saturated carbocycles. The molecule has 0 aromatic heterocycles. The molecule has 5 nitrogen and oxygen atoms in total. The molecule has 0 aliphatic heterocycles. The fraction of sp³-hybridized carbons (Fsp3) is 0.435. The molecule has 6 heteroatoms. The van der Waals surface area contributed by atoms with Crippen molar-refractivity contribution in [1.29, 1.82) is 0 Å². The zero-order valence-electron chi connectivity index (χ0n) is 16.9. The van der Waals surface area contributed by atoms with Crippen LogP contribution in [0.1, 0.15) is 43.0 Å². The molecule has 2 fully saturated rings. The third-order valence-electron chi connectivity index (χ3n) is 6.68. The average molecular weight is 413 g/mol. The normalized spacial score (nSPS) is 24.3. The molecule has 4 rings (SSSR count). The monoisotopic (exact) mass is 412 g/mol. The van der Waals surface area contributed by atoms with Gasteiger partial charge in [-0.1, -0.05) is 36.8 Å². The maximum Gasteiger partial charge on any atom is 0.264 e. The summed E-state index contributed by atoms with van der Waals surface area (Å²) in [7, 11) is -2.35. The molecule has 0 saturated heterocycles. The number of hydrogen-bond acceptors (Lipinski definition) is 3. The van der Waals surface area contributed by atoms with Crippen molar-refractivity contribution in [2.45, 2.75) is 43.5 Å². The SMILES string of the molecule is C[C@H](NC(=O)c1ccccc1S(=O)(=O)N(C)c1ccccc1)[C@H]1C[C@H]2CC[C@H]1C2. The van der Waals surface area contributed by atoms with Gasteiger partial charge in [-0.05, 0) is 68.2 Å². The molecule has 154 valence electrons. The van der Waals surface area contributed by atoms with Gasteiger partial charge in [-0.25, -0.2) is 8.42 Å². The van der Waals surface area contributed by atoms with E-state index in [1.165, 1.54) is 43.1 Å². The lowest BCUT2D eigenvalue weighted by atomic mass is 9.84. The highest BCUT2D eigenvalue weighted by atomic mass is 32.2. The molecular weight excluding hydrogens is 384 g/mol. The van der Waals surface area contributed by atoms with E-state index >= 15 is 0 Å². The average Bonchev–Trinajstić information content (AvgIpc) is 3.37. The van der Waals surface area contributed by atoms with Crippen molar-refractivity contribution in [3.8, 4) is 0 Å². The number of amides is 1. The lowest BCUT2D eigenvalue weighted by molar-refractivity contribution is 0.0912. The smallest absolute Gasteiger partial charge is 0.264 e. The molecule has 0 unspecified atom stereocenters. The number of fused-ring (bicyclic) bond motifs is 2. The van der Waals surface area contributed by atoms with Gasteiger partial charge in [0.1, 0.15) is 4.90 Å². The Morgan fingerprint density at radius 1 is 1.03 bits per heavy atom. The van der Waals surface area contributed by atoms with Crippen molar-refractivity contribution in [3.05, 3.63) is 60.2 Å². The van der Waals surface area contributed by atoms with Gasteiger partial charge in [0.2, 0.25) is 0 Å². The molecule has 29 heavy (non-hydrogen) atoms. The Hall–Kier alpha value is -2.34. The number of rotatable bonds is 6. The van der Waals surface area contributed by atoms with E-state index in [1.54, 1.807) is 42.5 Å². The number of sulfonamides is 1. The second-order valence-corrected chi connectivity index (χ2v) is 10.3. The van der Waals surface area contributed by atoms with E-state index in [-0.39, 0.29) is 22.4 Å². The summed E-state index contributed by atoms with van der Waals surface area (Å²) in [5, 5.41) is 3.09. The van der Waals surface area contributed by atoms with E-state index in [9.17, 15) is 13.2 Å². The van der Waals surface area contributed by atoms with Gasteiger partial charge in [-0.2, -0.15) is 0 Å². The van der Waals surface area contributed by atoms with Gasteiger partial charge in [0.25, 0.3) is 15.9 Å². The van der Waals surface area contributed by atoms with E-state index < -0.39 is 10.0 Å². The molecule has 0 radical (unpaired) electrons. The summed E-state index contributed by atoms with van der Waals surface area (Å²) in [5.41, 5.74) is 0.753. The molecule has 2 bridgehead atoms. The summed E-state index contributed by atoms with van der Waals surface area (Å²) in [6.45, 7) is 2.05. The third kappa shape index (κ3) is 3.78. The number of nitrogens with zero attached hydrogens (tertiary/aromatic N) is 1. The predicted octanol–water partition coefficient (Wildman–Crippen LogP) is 4.07. The Bertz CT molecular complexity index is 990. The van der Waals surface area contributed by atoms with Crippen LogP contribution < -0.4 is 9.62 Å². The van der Waals surface area contributed by atoms with Gasteiger partial charge in [-0.15, -0.1) is 0 Å². The number of benzene rings is 2. The zero-order valence-corrected chi connectivity index (χ0v) is 17.7. The molecule has 1 amide bonds. The number of carbonyl (C=O) groups is 1. The zero-order chi connectivity index (χ0) is 20.6. The van der Waals surface area contributed by atoms with Crippen molar-refractivity contribution in [3.63, 3.8) is 0 Å². The minimum Gasteiger partial charge on any atom is -0.349 e. The van der Waals surface area contributed by atoms with Gasteiger partial charge >= 0.3 is 0 Å². The quantitative estimate of drug-likeness (QED) is 0.778. The van der Waals surface area contributed by atoms with Crippen molar-refractivity contribution in [2.75, 3.05) is 11.4 Å². The van der Waals surface area contributed by atoms with Crippen LogP contribution in [0.4, 0.5) is 5.69 Å². The molecule has 2 aliphatic carbocycles. The van der Waals surface area contributed by atoms with E-state index in [0.29, 0.717) is 17.5 Å². The van der Waals surface area contributed by atoms with Gasteiger partial charge in [-0.3, -0.25) is 9.10 Å². The molecule has 4 atom stereocenters. The highest BCUT2D eigenvalue weighted by Crippen LogP contribution is 2.49. The first-order chi connectivity index (χ1) is 13.9. The first-order valence-corrected chi connectivity index (χ1v) is 11.8. The summed E-state index contributed by atoms with van der Waals surface area (Å²) in [6.07, 6.45) is 5.01. The van der Waals surface area contributed by atoms with Gasteiger partial charge in [0.15, 0.2) is 0 Å². The summed E-state index contributed by atoms with van der Waals surface area (Å²) in [6, 6.07) is 15.4. The van der Waals surface area contributed by atoms with Crippen LogP contribution in [-0.4, -0.2) is 27.4 Å². The number of anilines is 1. The van der Waals surface area contributed by atoms with Crippen molar-refractivity contribution in [1.82, 2.24) is 5.32 Å². The largest absolute Gasteiger partial charge is 0.349 e. The fourth-order valence-electron chi connectivity index (χ4n) is 5.10. The van der Waals surface area contributed by atoms with Crippen LogP contribution in [0.15, 0.2) is 59.5 Å². The number of carbonyl (C=O) groups excluding carboxylic acids is 1. The lowest BCUT2D eigenvalue weighted by Crippen LogP contribution is -2.41. The van der Waals surface area contributed by atoms with Crippen molar-refractivity contribution < 1.29 is 13.2 Å². The maximum atomic E-state index is 13.2. The van der Waals surface area contributed by atoms with Crippen LogP contribution in [0, 0.1) is 17.8 Å². The number of nitrogens with one attached hydrogen (secondary N) is 1. The topological polar surface area (TPSA) is 66.5 Å². The summed E-state index contributed by atoms with van der Waals surface area (Å²) in [4.78, 5) is 13.1. The molecule has 2 aromatic rings. The van der Waals surface area contributed by atoms with Crippen molar-refractivity contribution >= 4 is 21.6 Å². The van der Waals surface area contributed by atoms with Gasteiger partial charge < -0.3 is 5.32 Å². The van der Waals surface area contributed by atoms with E-state index in [1.807, 2.05) is 6.07 Å².